The van der Waals surface area contributed by atoms with E-state index < -0.39 is 0 Å². The van der Waals surface area contributed by atoms with E-state index in [1.165, 1.54) is 19.2 Å². The first kappa shape index (κ1) is 10.8. The number of nitrogens with one attached hydrogen (secondary N) is 1. The van der Waals surface area contributed by atoms with Gasteiger partial charge in [-0.25, -0.2) is 0 Å². The molecule has 86 valence electrons. The summed E-state index contributed by atoms with van der Waals surface area (Å²) in [6.45, 7) is 2.08. The molecule has 0 saturated heterocycles. The zero-order chi connectivity index (χ0) is 11.7. The summed E-state index contributed by atoms with van der Waals surface area (Å²) >= 11 is 0. The van der Waals surface area contributed by atoms with Crippen molar-refractivity contribution in [1.82, 2.24) is 5.32 Å². The van der Waals surface area contributed by atoms with Gasteiger partial charge in [-0.2, -0.15) is 0 Å². The van der Waals surface area contributed by atoms with E-state index in [1.807, 2.05) is 0 Å². The van der Waals surface area contributed by atoms with Crippen molar-refractivity contribution in [3.8, 4) is 11.5 Å². The minimum absolute atomic E-state index is 0.0217. The van der Waals surface area contributed by atoms with Gasteiger partial charge < -0.3 is 15.2 Å². The van der Waals surface area contributed by atoms with E-state index in [0.29, 0.717) is 11.7 Å². The lowest BCUT2D eigenvalue weighted by Crippen LogP contribution is -2.26. The van der Waals surface area contributed by atoms with Gasteiger partial charge in [0.05, 0.1) is 12.7 Å². The van der Waals surface area contributed by atoms with Crippen LogP contribution in [0.5, 0.6) is 11.5 Å². The molecular formula is C12H15NO3. The number of carbonyl (C=O) groups is 1. The van der Waals surface area contributed by atoms with E-state index in [2.05, 4.69) is 12.2 Å². The highest BCUT2D eigenvalue weighted by Crippen LogP contribution is 2.30. The van der Waals surface area contributed by atoms with Gasteiger partial charge in [-0.15, -0.1) is 0 Å². The van der Waals surface area contributed by atoms with Gasteiger partial charge in [-0.3, -0.25) is 4.79 Å². The topological polar surface area (TPSA) is 58.6 Å². The Hall–Kier alpha value is -1.71. The van der Waals surface area contributed by atoms with Gasteiger partial charge in [0.1, 0.15) is 11.5 Å². The molecule has 0 heterocycles. The standard InChI is InChI=1S/C12H15NO3/c1-7-5-10(7)13-12(15)9-6-8(16-2)3-4-11(9)14/h3-4,6-7,10,14H,5H2,1-2H3,(H,13,15). The Morgan fingerprint density at radius 1 is 1.56 bits per heavy atom. The van der Waals surface area contributed by atoms with Gasteiger partial charge in [0.25, 0.3) is 5.91 Å². The highest BCUT2D eigenvalue weighted by atomic mass is 16.5. The lowest BCUT2D eigenvalue weighted by Gasteiger charge is -2.07. The molecule has 0 spiro atoms. The van der Waals surface area contributed by atoms with Crippen molar-refractivity contribution in [3.63, 3.8) is 0 Å². The van der Waals surface area contributed by atoms with Crippen molar-refractivity contribution in [2.24, 2.45) is 5.92 Å². The number of rotatable bonds is 3. The summed E-state index contributed by atoms with van der Waals surface area (Å²) < 4.78 is 5.01. The second-order valence-corrected chi connectivity index (χ2v) is 4.18. The van der Waals surface area contributed by atoms with Gasteiger partial charge >= 0.3 is 0 Å². The van der Waals surface area contributed by atoms with E-state index in [9.17, 15) is 9.90 Å². The summed E-state index contributed by atoms with van der Waals surface area (Å²) in [5.74, 6) is 0.834. The van der Waals surface area contributed by atoms with Gasteiger partial charge in [-0.05, 0) is 30.5 Å². The van der Waals surface area contributed by atoms with Gasteiger partial charge in [-0.1, -0.05) is 6.92 Å². The quantitative estimate of drug-likeness (QED) is 0.814. The highest BCUT2D eigenvalue weighted by molar-refractivity contribution is 5.97. The number of ether oxygens (including phenoxy) is 1. The van der Waals surface area contributed by atoms with E-state index >= 15 is 0 Å². The molecule has 2 unspecified atom stereocenters. The van der Waals surface area contributed by atoms with Crippen LogP contribution >= 0.6 is 0 Å². The first-order valence-electron chi connectivity index (χ1n) is 5.29. The summed E-state index contributed by atoms with van der Waals surface area (Å²) in [7, 11) is 1.52. The molecule has 0 radical (unpaired) electrons. The smallest absolute Gasteiger partial charge is 0.255 e. The fourth-order valence-electron chi connectivity index (χ4n) is 1.59. The Balaban J connectivity index is 2.14. The summed E-state index contributed by atoms with van der Waals surface area (Å²) in [5.41, 5.74) is 0.262. The summed E-state index contributed by atoms with van der Waals surface area (Å²) in [4.78, 5) is 11.8. The van der Waals surface area contributed by atoms with Crippen LogP contribution in [0.2, 0.25) is 0 Å². The van der Waals surface area contributed by atoms with E-state index in [4.69, 9.17) is 4.74 Å². The maximum absolute atomic E-state index is 11.8. The summed E-state index contributed by atoms with van der Waals surface area (Å²) in [5, 5.41) is 12.4. The number of phenolic OH excluding ortho intramolecular Hbond substituents is 1. The lowest BCUT2D eigenvalue weighted by atomic mass is 10.1. The fraction of sp³-hybridized carbons (Fsp3) is 0.417. The molecule has 16 heavy (non-hydrogen) atoms. The van der Waals surface area contributed by atoms with Gasteiger partial charge in [0, 0.05) is 6.04 Å². The molecule has 1 aromatic carbocycles. The Morgan fingerprint density at radius 2 is 2.25 bits per heavy atom. The molecule has 2 N–H and O–H groups in total. The van der Waals surface area contributed by atoms with Crippen LogP contribution in [0.3, 0.4) is 0 Å². The molecular weight excluding hydrogens is 206 g/mol. The normalized spacial score (nSPS) is 22.6. The van der Waals surface area contributed by atoms with Crippen LogP contribution < -0.4 is 10.1 Å². The molecule has 2 atom stereocenters. The maximum atomic E-state index is 11.8. The Morgan fingerprint density at radius 3 is 2.81 bits per heavy atom. The average Bonchev–Trinajstić information content (AvgIpc) is 2.94. The van der Waals surface area contributed by atoms with Crippen molar-refractivity contribution in [3.05, 3.63) is 23.8 Å². The van der Waals surface area contributed by atoms with Gasteiger partial charge in [0.15, 0.2) is 0 Å². The van der Waals surface area contributed by atoms with Crippen molar-refractivity contribution >= 4 is 5.91 Å². The molecule has 1 fully saturated rings. The Kier molecular flexibility index (Phi) is 2.73. The molecule has 2 rings (SSSR count). The summed E-state index contributed by atoms with van der Waals surface area (Å²) in [6, 6.07) is 4.87. The van der Waals surface area contributed by atoms with Gasteiger partial charge in [0.2, 0.25) is 0 Å². The zero-order valence-corrected chi connectivity index (χ0v) is 9.36. The van der Waals surface area contributed by atoms with Crippen LogP contribution in [-0.2, 0) is 0 Å². The number of carbonyl (C=O) groups excluding carboxylic acids is 1. The lowest BCUT2D eigenvalue weighted by molar-refractivity contribution is 0.0946. The molecule has 1 aliphatic carbocycles. The maximum Gasteiger partial charge on any atom is 0.255 e. The first-order valence-corrected chi connectivity index (χ1v) is 5.29. The van der Waals surface area contributed by atoms with Crippen molar-refractivity contribution in [2.75, 3.05) is 7.11 Å². The number of amides is 1. The van der Waals surface area contributed by atoms with Crippen molar-refractivity contribution in [2.45, 2.75) is 19.4 Å². The third kappa shape index (κ3) is 2.10. The minimum Gasteiger partial charge on any atom is -0.507 e. The first-order chi connectivity index (χ1) is 7.61. The number of benzene rings is 1. The Labute approximate surface area is 94.2 Å². The SMILES string of the molecule is COc1ccc(O)c(C(=O)NC2CC2C)c1. The second-order valence-electron chi connectivity index (χ2n) is 4.18. The number of phenols is 1. The molecule has 0 bridgehead atoms. The molecule has 1 aromatic rings. The zero-order valence-electron chi connectivity index (χ0n) is 9.36. The molecule has 1 amide bonds. The monoisotopic (exact) mass is 221 g/mol. The van der Waals surface area contributed by atoms with Crippen LogP contribution in [0.1, 0.15) is 23.7 Å². The average molecular weight is 221 g/mol. The van der Waals surface area contributed by atoms with Crippen molar-refractivity contribution < 1.29 is 14.6 Å². The van der Waals surface area contributed by atoms with Crippen LogP contribution in [0.4, 0.5) is 0 Å². The van der Waals surface area contributed by atoms with E-state index in [0.717, 1.165) is 6.42 Å². The van der Waals surface area contributed by atoms with Crippen LogP contribution in [-0.4, -0.2) is 24.2 Å². The van der Waals surface area contributed by atoms with Crippen LogP contribution in [0.25, 0.3) is 0 Å². The predicted molar refractivity (Wildman–Crippen MR) is 59.7 cm³/mol. The van der Waals surface area contributed by atoms with E-state index in [1.54, 1.807) is 6.07 Å². The number of methoxy groups -OCH3 is 1. The van der Waals surface area contributed by atoms with E-state index in [-0.39, 0.29) is 23.3 Å². The predicted octanol–water partition coefficient (Wildman–Crippen LogP) is 1.54. The Bertz CT molecular complexity index is 417. The largest absolute Gasteiger partial charge is 0.507 e. The number of hydrogen-bond acceptors (Lipinski definition) is 3. The van der Waals surface area contributed by atoms with Crippen LogP contribution in [0, 0.1) is 5.92 Å². The van der Waals surface area contributed by atoms with Crippen LogP contribution in [0.15, 0.2) is 18.2 Å². The molecule has 4 nitrogen and oxygen atoms in total. The fourth-order valence-corrected chi connectivity index (χ4v) is 1.59. The molecule has 0 aromatic heterocycles. The third-order valence-corrected chi connectivity index (χ3v) is 2.87. The highest BCUT2D eigenvalue weighted by Gasteiger charge is 2.34. The van der Waals surface area contributed by atoms with Crippen molar-refractivity contribution in [1.29, 1.82) is 0 Å². The molecule has 0 aliphatic heterocycles. The second kappa shape index (κ2) is 4.04. The minimum atomic E-state index is -0.245. The molecule has 1 aliphatic rings. The third-order valence-electron chi connectivity index (χ3n) is 2.87. The summed E-state index contributed by atoms with van der Waals surface area (Å²) in [6.07, 6.45) is 1.01. The number of aromatic hydroxyl groups is 1. The molecule has 4 heteroatoms. The molecule has 1 saturated carbocycles. The number of hydrogen-bond donors (Lipinski definition) is 2.